The van der Waals surface area contributed by atoms with Crippen LogP contribution in [0.3, 0.4) is 0 Å². The fraction of sp³-hybridized carbons (Fsp3) is 0.217. The zero-order chi connectivity index (χ0) is 23.8. The molecule has 33 heavy (non-hydrogen) atoms. The summed E-state index contributed by atoms with van der Waals surface area (Å²) in [5, 5.41) is 20.4. The quantitative estimate of drug-likeness (QED) is 0.250. The van der Waals surface area contributed by atoms with Gasteiger partial charge in [0.05, 0.1) is 17.8 Å². The number of hydrogen-bond donors (Lipinski definition) is 3. The average Bonchev–Trinajstić information content (AvgIpc) is 3.30. The highest BCUT2D eigenvalue weighted by molar-refractivity contribution is 6.01. The lowest BCUT2D eigenvalue weighted by atomic mass is 10.1. The van der Waals surface area contributed by atoms with Crippen LogP contribution in [-0.2, 0) is 0 Å². The molecule has 3 rings (SSSR count). The molecule has 3 N–H and O–H groups in total. The van der Waals surface area contributed by atoms with Gasteiger partial charge in [0.2, 0.25) is 5.76 Å². The molecule has 0 unspecified atom stereocenters. The Hall–Kier alpha value is -4.34. The monoisotopic (exact) mass is 453 g/mol. The van der Waals surface area contributed by atoms with Gasteiger partial charge in [-0.25, -0.2) is 0 Å². The summed E-state index contributed by atoms with van der Waals surface area (Å²) in [7, 11) is 0. The zero-order valence-electron chi connectivity index (χ0n) is 17.9. The Balaban J connectivity index is 1.67. The molecule has 0 radical (unpaired) electrons. The molecular weight excluding hydrogens is 430 g/mol. The fourth-order valence-corrected chi connectivity index (χ4v) is 3.06. The van der Waals surface area contributed by atoms with E-state index >= 15 is 0 Å². The van der Waals surface area contributed by atoms with Crippen molar-refractivity contribution < 1.29 is 28.8 Å². The van der Waals surface area contributed by atoms with Gasteiger partial charge in [-0.2, -0.15) is 0 Å². The minimum atomic E-state index is -0.818. The highest BCUT2D eigenvalue weighted by Crippen LogP contribution is 2.28. The van der Waals surface area contributed by atoms with Crippen molar-refractivity contribution in [2.45, 2.75) is 26.2 Å². The Labute approximate surface area is 189 Å². The van der Waals surface area contributed by atoms with E-state index in [1.807, 2.05) is 6.07 Å². The second-order valence-electron chi connectivity index (χ2n) is 7.12. The number of aromatic hydroxyl groups is 1. The second kappa shape index (κ2) is 10.8. The average molecular weight is 453 g/mol. The molecule has 0 aliphatic heterocycles. The van der Waals surface area contributed by atoms with E-state index in [-0.39, 0.29) is 11.3 Å². The van der Waals surface area contributed by atoms with Crippen molar-refractivity contribution in [1.29, 1.82) is 0 Å². The Kier molecular flexibility index (Phi) is 7.64. The third-order valence-corrected chi connectivity index (χ3v) is 4.76. The van der Waals surface area contributed by atoms with E-state index in [9.17, 15) is 24.8 Å². The van der Waals surface area contributed by atoms with Gasteiger partial charge in [0.25, 0.3) is 5.91 Å². The number of carbonyl (C=O) groups excluding carboxylic acids is 2. The van der Waals surface area contributed by atoms with Crippen LogP contribution in [0.5, 0.6) is 11.5 Å². The van der Waals surface area contributed by atoms with Gasteiger partial charge in [0.1, 0.15) is 5.75 Å². The molecule has 0 saturated carbocycles. The Morgan fingerprint density at radius 3 is 2.64 bits per heavy atom. The van der Waals surface area contributed by atoms with Gasteiger partial charge >= 0.3 is 11.6 Å². The highest BCUT2D eigenvalue weighted by atomic mass is 16.6. The van der Waals surface area contributed by atoms with Crippen molar-refractivity contribution >= 4 is 17.5 Å². The van der Waals surface area contributed by atoms with Gasteiger partial charge in [-0.15, -0.1) is 0 Å². The van der Waals surface area contributed by atoms with Gasteiger partial charge in [-0.1, -0.05) is 31.9 Å². The number of benzene rings is 2. The topological polar surface area (TPSA) is 144 Å². The van der Waals surface area contributed by atoms with Gasteiger partial charge < -0.3 is 14.3 Å². The van der Waals surface area contributed by atoms with Gasteiger partial charge in [0, 0.05) is 17.2 Å². The maximum atomic E-state index is 12.6. The van der Waals surface area contributed by atoms with Crippen LogP contribution in [0, 0.1) is 10.1 Å². The molecule has 0 fully saturated rings. The molecule has 2 amide bonds. The van der Waals surface area contributed by atoms with Crippen LogP contribution < -0.4 is 15.6 Å². The van der Waals surface area contributed by atoms with E-state index in [4.69, 9.17) is 9.15 Å². The Morgan fingerprint density at radius 2 is 1.88 bits per heavy atom. The number of ether oxygens (including phenoxy) is 1. The van der Waals surface area contributed by atoms with Crippen molar-refractivity contribution in [1.82, 2.24) is 10.9 Å². The van der Waals surface area contributed by atoms with Crippen LogP contribution in [0.1, 0.15) is 47.1 Å². The van der Waals surface area contributed by atoms with Gasteiger partial charge in [-0.05, 0) is 42.3 Å². The summed E-state index contributed by atoms with van der Waals surface area (Å²) >= 11 is 0. The number of rotatable bonds is 9. The number of nitro groups is 1. The molecule has 2 aromatic carbocycles. The highest BCUT2D eigenvalue weighted by Gasteiger charge is 2.20. The SMILES string of the molecule is CCCCCOc1cccc(-c2ccoc2C(=O)NNC(=O)c2ccc(O)c([N+](=O)[O-])c2)c1. The lowest BCUT2D eigenvalue weighted by Crippen LogP contribution is -2.41. The van der Waals surface area contributed by atoms with Crippen LogP contribution in [0.15, 0.2) is 59.2 Å². The number of hydrazine groups is 1. The summed E-state index contributed by atoms with van der Waals surface area (Å²) in [4.78, 5) is 35.0. The first-order chi connectivity index (χ1) is 15.9. The number of phenols is 1. The van der Waals surface area contributed by atoms with Gasteiger partial charge in [0.15, 0.2) is 5.75 Å². The van der Waals surface area contributed by atoms with Crippen LogP contribution in [-0.4, -0.2) is 28.5 Å². The summed E-state index contributed by atoms with van der Waals surface area (Å²) in [6.45, 7) is 2.71. The van der Waals surface area contributed by atoms with Crippen molar-refractivity contribution in [3.05, 3.63) is 76.2 Å². The first kappa shape index (κ1) is 23.3. The maximum Gasteiger partial charge on any atom is 0.311 e. The standard InChI is InChI=1S/C23H23N3O7/c1-2-3-4-11-32-17-7-5-6-15(13-17)18-10-12-33-21(18)23(29)25-24-22(28)16-8-9-20(27)19(14-16)26(30)31/h5-10,12-14,27H,2-4,11H2,1H3,(H,24,28)(H,25,29). The number of carbonyl (C=O) groups is 2. The molecule has 0 bridgehead atoms. The van der Waals surface area contributed by atoms with Crippen molar-refractivity contribution in [2.24, 2.45) is 0 Å². The largest absolute Gasteiger partial charge is 0.502 e. The normalized spacial score (nSPS) is 10.5. The predicted octanol–water partition coefficient (Wildman–Crippen LogP) is 4.20. The van der Waals surface area contributed by atoms with Crippen molar-refractivity contribution in [2.75, 3.05) is 6.61 Å². The number of amides is 2. The third-order valence-electron chi connectivity index (χ3n) is 4.76. The van der Waals surface area contributed by atoms with Crippen LogP contribution in [0.25, 0.3) is 11.1 Å². The van der Waals surface area contributed by atoms with Gasteiger partial charge in [-0.3, -0.25) is 30.6 Å². The summed E-state index contributed by atoms with van der Waals surface area (Å²) in [6.07, 6.45) is 4.47. The summed E-state index contributed by atoms with van der Waals surface area (Å²) < 4.78 is 11.1. The second-order valence-corrected chi connectivity index (χ2v) is 7.12. The van der Waals surface area contributed by atoms with Crippen LogP contribution in [0.2, 0.25) is 0 Å². The first-order valence-corrected chi connectivity index (χ1v) is 10.3. The molecule has 0 aliphatic carbocycles. The third kappa shape index (κ3) is 5.88. The van der Waals surface area contributed by atoms with Crippen LogP contribution in [0.4, 0.5) is 5.69 Å². The number of phenolic OH excluding ortho intramolecular Hbond substituents is 1. The number of nitro benzene ring substituents is 1. The molecule has 0 saturated heterocycles. The Bertz CT molecular complexity index is 1160. The molecule has 1 aromatic heterocycles. The minimum absolute atomic E-state index is 0.0323. The molecule has 3 aromatic rings. The molecule has 0 atom stereocenters. The molecule has 10 nitrogen and oxygen atoms in total. The van der Waals surface area contributed by atoms with Crippen molar-refractivity contribution in [3.63, 3.8) is 0 Å². The number of hydrogen-bond acceptors (Lipinski definition) is 7. The summed E-state index contributed by atoms with van der Waals surface area (Å²) in [5.74, 6) is -1.46. The lowest BCUT2D eigenvalue weighted by molar-refractivity contribution is -0.385. The number of furan rings is 1. The molecule has 0 spiro atoms. The van der Waals surface area contributed by atoms with Crippen LogP contribution >= 0.6 is 0 Å². The summed E-state index contributed by atoms with van der Waals surface area (Å²) in [6, 6.07) is 12.0. The fourth-order valence-electron chi connectivity index (χ4n) is 3.06. The molecule has 1 heterocycles. The summed E-state index contributed by atoms with van der Waals surface area (Å²) in [5.41, 5.74) is 4.85. The molecule has 172 valence electrons. The first-order valence-electron chi connectivity index (χ1n) is 10.3. The van der Waals surface area contributed by atoms with E-state index < -0.39 is 28.2 Å². The van der Waals surface area contributed by atoms with E-state index in [1.165, 1.54) is 12.3 Å². The Morgan fingerprint density at radius 1 is 1.09 bits per heavy atom. The molecule has 10 heteroatoms. The van der Waals surface area contributed by atoms with Crippen molar-refractivity contribution in [3.8, 4) is 22.6 Å². The van der Waals surface area contributed by atoms with E-state index in [1.54, 1.807) is 24.3 Å². The zero-order valence-corrected chi connectivity index (χ0v) is 17.9. The number of nitrogens with one attached hydrogen (secondary N) is 2. The lowest BCUT2D eigenvalue weighted by Gasteiger charge is -2.09. The number of unbranched alkanes of at least 4 members (excludes halogenated alkanes) is 2. The van der Waals surface area contributed by atoms with E-state index in [0.29, 0.717) is 23.5 Å². The predicted molar refractivity (Wildman–Crippen MR) is 119 cm³/mol. The molecule has 0 aliphatic rings. The minimum Gasteiger partial charge on any atom is -0.502 e. The van der Waals surface area contributed by atoms with E-state index in [2.05, 4.69) is 17.8 Å². The number of nitrogens with zero attached hydrogens (tertiary/aromatic N) is 1. The molecular formula is C23H23N3O7. The smallest absolute Gasteiger partial charge is 0.311 e. The maximum absolute atomic E-state index is 12.6. The van der Waals surface area contributed by atoms with E-state index in [0.717, 1.165) is 31.4 Å².